The van der Waals surface area contributed by atoms with Gasteiger partial charge in [-0.05, 0) is 65.6 Å². The molecular weight excluding hydrogens is 428 g/mol. The monoisotopic (exact) mass is 452 g/mol. The fraction of sp³-hybridized carbons (Fsp3) is 0.107. The van der Waals surface area contributed by atoms with Gasteiger partial charge in [0, 0.05) is 24.0 Å². The van der Waals surface area contributed by atoms with Crippen LogP contribution in [0.1, 0.15) is 23.2 Å². The zero-order chi connectivity index (χ0) is 23.8. The second kappa shape index (κ2) is 10.9. The smallest absolute Gasteiger partial charge is 0.163 e. The summed E-state index contributed by atoms with van der Waals surface area (Å²) in [5, 5.41) is 1.07. The van der Waals surface area contributed by atoms with Gasteiger partial charge in [0.25, 0.3) is 0 Å². The van der Waals surface area contributed by atoms with Crippen molar-refractivity contribution in [2.24, 2.45) is 0 Å². The molecule has 0 spiro atoms. The van der Waals surface area contributed by atoms with E-state index in [1.807, 2.05) is 48.7 Å². The highest BCUT2D eigenvalue weighted by Gasteiger charge is 2.07. The molecule has 6 nitrogen and oxygen atoms in total. The molecule has 0 atom stereocenters. The first-order chi connectivity index (χ1) is 16.6. The van der Waals surface area contributed by atoms with Crippen molar-refractivity contribution in [1.82, 2.24) is 9.97 Å². The SMILES string of the molecule is COc1cc(OCc2ccccn2)ccc1/C=C/C(=O)CC(=O)/C=C/c1cccc2cc[nH]c12. The first kappa shape index (κ1) is 22.7. The van der Waals surface area contributed by atoms with E-state index in [4.69, 9.17) is 9.47 Å². The number of hydrogen-bond acceptors (Lipinski definition) is 5. The molecule has 0 bridgehead atoms. The molecule has 0 fully saturated rings. The van der Waals surface area contributed by atoms with Gasteiger partial charge in [-0.2, -0.15) is 0 Å². The van der Waals surface area contributed by atoms with Crippen LogP contribution in [0.4, 0.5) is 0 Å². The van der Waals surface area contributed by atoms with E-state index in [2.05, 4.69) is 9.97 Å². The third-order valence-electron chi connectivity index (χ3n) is 5.18. The predicted molar refractivity (Wildman–Crippen MR) is 133 cm³/mol. The summed E-state index contributed by atoms with van der Waals surface area (Å²) in [6, 6.07) is 18.8. The van der Waals surface area contributed by atoms with Crippen molar-refractivity contribution in [1.29, 1.82) is 0 Å². The number of benzene rings is 2. The Bertz CT molecular complexity index is 1350. The molecule has 0 aliphatic heterocycles. The molecule has 0 saturated heterocycles. The van der Waals surface area contributed by atoms with Crippen LogP contribution < -0.4 is 9.47 Å². The number of hydrogen-bond donors (Lipinski definition) is 1. The Morgan fingerprint density at radius 2 is 1.76 bits per heavy atom. The molecule has 0 aliphatic carbocycles. The maximum absolute atomic E-state index is 12.3. The number of allylic oxidation sites excluding steroid dienone is 2. The number of methoxy groups -OCH3 is 1. The summed E-state index contributed by atoms with van der Waals surface area (Å²) in [5.74, 6) is 0.643. The number of ether oxygens (including phenoxy) is 2. The molecule has 6 heteroatoms. The minimum absolute atomic E-state index is 0.207. The van der Waals surface area contributed by atoms with Crippen LogP contribution in [0.5, 0.6) is 11.5 Å². The average Bonchev–Trinajstić information content (AvgIpc) is 3.35. The molecule has 34 heavy (non-hydrogen) atoms. The van der Waals surface area contributed by atoms with E-state index in [1.54, 1.807) is 43.7 Å². The Labute approximate surface area is 197 Å². The highest BCUT2D eigenvalue weighted by atomic mass is 16.5. The first-order valence-electron chi connectivity index (χ1n) is 10.8. The fourth-order valence-corrected chi connectivity index (χ4v) is 3.46. The lowest BCUT2D eigenvalue weighted by Gasteiger charge is -2.09. The highest BCUT2D eigenvalue weighted by molar-refractivity contribution is 6.11. The summed E-state index contributed by atoms with van der Waals surface area (Å²) in [6.07, 6.45) is 9.56. The van der Waals surface area contributed by atoms with Crippen LogP contribution in [0.2, 0.25) is 0 Å². The molecule has 2 heterocycles. The maximum Gasteiger partial charge on any atom is 0.163 e. The number of fused-ring (bicyclic) bond motifs is 1. The average molecular weight is 453 g/mol. The number of pyridine rings is 1. The molecule has 2 aromatic carbocycles. The maximum atomic E-state index is 12.3. The standard InChI is InChI=1S/C28H24N2O4/c1-33-27-18-26(34-19-23-7-2-3-15-29-23)13-10-20(27)8-11-24(31)17-25(32)12-9-21-5-4-6-22-14-16-30-28(21)22/h2-16,18,30H,17,19H2,1H3/b11-8+,12-9+. The van der Waals surface area contributed by atoms with Crippen molar-refractivity contribution in [2.45, 2.75) is 13.0 Å². The molecule has 4 aromatic rings. The van der Waals surface area contributed by atoms with Gasteiger partial charge in [0.15, 0.2) is 11.6 Å². The van der Waals surface area contributed by atoms with Crippen molar-refractivity contribution in [3.8, 4) is 11.5 Å². The zero-order valence-corrected chi connectivity index (χ0v) is 18.7. The molecular formula is C28H24N2O4. The molecule has 2 aromatic heterocycles. The molecule has 0 aliphatic rings. The van der Waals surface area contributed by atoms with Crippen LogP contribution in [-0.4, -0.2) is 28.6 Å². The van der Waals surface area contributed by atoms with Crippen LogP contribution in [0.15, 0.2) is 85.2 Å². The van der Waals surface area contributed by atoms with Gasteiger partial charge in [0.2, 0.25) is 0 Å². The summed E-state index contributed by atoms with van der Waals surface area (Å²) >= 11 is 0. The number of aromatic amines is 1. The molecule has 170 valence electrons. The van der Waals surface area contributed by atoms with Gasteiger partial charge in [-0.3, -0.25) is 14.6 Å². The number of nitrogens with one attached hydrogen (secondary N) is 1. The largest absolute Gasteiger partial charge is 0.496 e. The number of ketones is 2. The molecule has 0 unspecified atom stereocenters. The van der Waals surface area contributed by atoms with Crippen molar-refractivity contribution in [3.05, 3.63) is 102 Å². The summed E-state index contributed by atoms with van der Waals surface area (Å²) in [5.41, 5.74) is 3.38. The Balaban J connectivity index is 1.35. The van der Waals surface area contributed by atoms with Gasteiger partial charge in [0.05, 0.1) is 24.7 Å². The van der Waals surface area contributed by atoms with E-state index in [0.29, 0.717) is 23.7 Å². The highest BCUT2D eigenvalue weighted by Crippen LogP contribution is 2.26. The number of para-hydroxylation sites is 1. The lowest BCUT2D eigenvalue weighted by molar-refractivity contribution is -0.121. The van der Waals surface area contributed by atoms with E-state index >= 15 is 0 Å². The summed E-state index contributed by atoms with van der Waals surface area (Å²) in [7, 11) is 1.55. The second-order valence-corrected chi connectivity index (χ2v) is 7.58. The topological polar surface area (TPSA) is 81.3 Å². The molecule has 0 amide bonds. The molecule has 0 saturated carbocycles. The van der Waals surface area contributed by atoms with E-state index in [-0.39, 0.29) is 18.0 Å². The number of aromatic nitrogens is 2. The number of H-pyrrole nitrogens is 1. The lowest BCUT2D eigenvalue weighted by atomic mass is 10.1. The predicted octanol–water partition coefficient (Wildman–Crippen LogP) is 5.41. The van der Waals surface area contributed by atoms with Gasteiger partial charge in [-0.25, -0.2) is 0 Å². The third-order valence-corrected chi connectivity index (χ3v) is 5.18. The second-order valence-electron chi connectivity index (χ2n) is 7.58. The van der Waals surface area contributed by atoms with Crippen LogP contribution in [0.3, 0.4) is 0 Å². The summed E-state index contributed by atoms with van der Waals surface area (Å²) in [4.78, 5) is 32.0. The fourth-order valence-electron chi connectivity index (χ4n) is 3.46. The number of nitrogens with zero attached hydrogens (tertiary/aromatic N) is 1. The van der Waals surface area contributed by atoms with E-state index in [1.165, 1.54) is 12.2 Å². The molecule has 0 radical (unpaired) electrons. The normalized spacial score (nSPS) is 11.3. The van der Waals surface area contributed by atoms with Crippen LogP contribution in [0, 0.1) is 0 Å². The Morgan fingerprint density at radius 1 is 0.941 bits per heavy atom. The number of carbonyl (C=O) groups is 2. The number of carbonyl (C=O) groups excluding carboxylic acids is 2. The van der Waals surface area contributed by atoms with Crippen LogP contribution in [0.25, 0.3) is 23.1 Å². The minimum Gasteiger partial charge on any atom is -0.496 e. The van der Waals surface area contributed by atoms with Crippen molar-refractivity contribution in [2.75, 3.05) is 7.11 Å². The van der Waals surface area contributed by atoms with Crippen molar-refractivity contribution in [3.63, 3.8) is 0 Å². The molecule has 4 rings (SSSR count). The summed E-state index contributed by atoms with van der Waals surface area (Å²) in [6.45, 7) is 0.339. The van der Waals surface area contributed by atoms with E-state index in [0.717, 1.165) is 22.2 Å². The van der Waals surface area contributed by atoms with Crippen molar-refractivity contribution < 1.29 is 19.1 Å². The number of rotatable bonds is 10. The summed E-state index contributed by atoms with van der Waals surface area (Å²) < 4.78 is 11.2. The van der Waals surface area contributed by atoms with Gasteiger partial charge < -0.3 is 14.5 Å². The van der Waals surface area contributed by atoms with Gasteiger partial charge in [0.1, 0.15) is 18.1 Å². The van der Waals surface area contributed by atoms with Gasteiger partial charge >= 0.3 is 0 Å². The van der Waals surface area contributed by atoms with Gasteiger partial charge in [-0.15, -0.1) is 0 Å². The zero-order valence-electron chi connectivity index (χ0n) is 18.7. The Morgan fingerprint density at radius 3 is 2.53 bits per heavy atom. The lowest BCUT2D eigenvalue weighted by Crippen LogP contribution is -2.02. The minimum atomic E-state index is -0.287. The van der Waals surface area contributed by atoms with Crippen LogP contribution in [-0.2, 0) is 16.2 Å². The van der Waals surface area contributed by atoms with Crippen LogP contribution >= 0.6 is 0 Å². The van der Waals surface area contributed by atoms with E-state index < -0.39 is 0 Å². The molecule has 1 N–H and O–H groups in total. The third kappa shape index (κ3) is 5.86. The van der Waals surface area contributed by atoms with Gasteiger partial charge in [-0.1, -0.05) is 24.3 Å². The van der Waals surface area contributed by atoms with Crippen molar-refractivity contribution >= 4 is 34.6 Å². The van der Waals surface area contributed by atoms with E-state index in [9.17, 15) is 9.59 Å². The first-order valence-corrected chi connectivity index (χ1v) is 10.8. The quantitative estimate of drug-likeness (QED) is 0.257. The Kier molecular flexibility index (Phi) is 7.30. The Hall–Kier alpha value is -4.45.